The lowest BCUT2D eigenvalue weighted by atomic mass is 10.2. The molecule has 1 aromatic rings. The first kappa shape index (κ1) is 12.7. The van der Waals surface area contributed by atoms with E-state index >= 15 is 0 Å². The van der Waals surface area contributed by atoms with Crippen LogP contribution < -0.4 is 5.48 Å². The van der Waals surface area contributed by atoms with E-state index in [4.69, 9.17) is 19.1 Å². The first-order valence-corrected chi connectivity index (χ1v) is 4.81. The highest BCUT2D eigenvalue weighted by molar-refractivity contribution is 5.84. The van der Waals surface area contributed by atoms with Crippen molar-refractivity contribution in [2.24, 2.45) is 0 Å². The van der Waals surface area contributed by atoms with Crippen molar-refractivity contribution >= 4 is 5.97 Å². The Kier molecular flexibility index (Phi) is 4.97. The average Bonchev–Trinajstić information content (AvgIpc) is 2.60. The maximum absolute atomic E-state index is 10.6. The fourth-order valence-corrected chi connectivity index (χ4v) is 1.13. The number of hydroxylamine groups is 1. The predicted molar refractivity (Wildman–Crippen MR) is 55.1 cm³/mol. The predicted octanol–water partition coefficient (Wildman–Crippen LogP) is 0.954. The lowest BCUT2D eigenvalue weighted by Gasteiger charge is -2.03. The number of furan rings is 1. The van der Waals surface area contributed by atoms with Crippen molar-refractivity contribution in [3.63, 3.8) is 0 Å². The molecule has 0 radical (unpaired) electrons. The van der Waals surface area contributed by atoms with Gasteiger partial charge in [-0.05, 0) is 13.0 Å². The van der Waals surface area contributed by atoms with Gasteiger partial charge in [0.2, 0.25) is 5.76 Å². The number of ether oxygens (including phenoxy) is 1. The van der Waals surface area contributed by atoms with Crippen molar-refractivity contribution in [3.8, 4) is 0 Å². The molecular formula is C10H15NO5. The Morgan fingerprint density at radius 2 is 2.31 bits per heavy atom. The van der Waals surface area contributed by atoms with Crippen LogP contribution >= 0.6 is 0 Å². The second-order valence-corrected chi connectivity index (χ2v) is 3.16. The maximum atomic E-state index is 10.6. The molecule has 0 bridgehead atoms. The van der Waals surface area contributed by atoms with E-state index in [1.165, 1.54) is 6.07 Å². The molecule has 1 aromatic heterocycles. The summed E-state index contributed by atoms with van der Waals surface area (Å²) in [5.41, 5.74) is 3.46. The molecule has 0 amide bonds. The summed E-state index contributed by atoms with van der Waals surface area (Å²) in [5.74, 6) is -0.568. The second kappa shape index (κ2) is 6.26. The summed E-state index contributed by atoms with van der Waals surface area (Å²) in [7, 11) is 1.59. The fourth-order valence-electron chi connectivity index (χ4n) is 1.13. The van der Waals surface area contributed by atoms with Crippen LogP contribution in [0.1, 0.15) is 21.9 Å². The first-order valence-electron chi connectivity index (χ1n) is 4.81. The van der Waals surface area contributed by atoms with Crippen LogP contribution in [-0.2, 0) is 16.1 Å². The normalized spacial score (nSPS) is 10.6. The summed E-state index contributed by atoms with van der Waals surface area (Å²) >= 11 is 0. The molecule has 6 nitrogen and oxygen atoms in total. The van der Waals surface area contributed by atoms with Gasteiger partial charge in [-0.25, -0.2) is 4.79 Å². The highest BCUT2D eigenvalue weighted by Gasteiger charge is 2.12. The molecule has 0 spiro atoms. The van der Waals surface area contributed by atoms with E-state index in [1.807, 2.05) is 0 Å². The summed E-state index contributed by atoms with van der Waals surface area (Å²) in [6, 6.07) is 1.48. The van der Waals surface area contributed by atoms with Gasteiger partial charge in [0.05, 0.1) is 13.2 Å². The molecule has 90 valence electrons. The van der Waals surface area contributed by atoms with Crippen LogP contribution in [0.2, 0.25) is 0 Å². The van der Waals surface area contributed by atoms with Gasteiger partial charge in [-0.1, -0.05) is 0 Å². The molecule has 0 fully saturated rings. The summed E-state index contributed by atoms with van der Waals surface area (Å²) in [6.45, 7) is 3.03. The Morgan fingerprint density at radius 3 is 2.88 bits per heavy atom. The highest BCUT2D eigenvalue weighted by atomic mass is 16.7. The number of carbonyl (C=O) groups is 1. The second-order valence-electron chi connectivity index (χ2n) is 3.16. The number of carboxylic acids is 1. The zero-order valence-electron chi connectivity index (χ0n) is 9.28. The van der Waals surface area contributed by atoms with Crippen molar-refractivity contribution in [2.45, 2.75) is 13.5 Å². The zero-order chi connectivity index (χ0) is 12.0. The van der Waals surface area contributed by atoms with Gasteiger partial charge in [-0.3, -0.25) is 4.84 Å². The molecule has 0 aliphatic rings. The smallest absolute Gasteiger partial charge is 0.371 e. The quantitative estimate of drug-likeness (QED) is 0.535. The number of aromatic carboxylic acids is 1. The van der Waals surface area contributed by atoms with Crippen LogP contribution in [0.15, 0.2) is 10.5 Å². The number of hydrogen-bond donors (Lipinski definition) is 2. The van der Waals surface area contributed by atoms with Crippen molar-refractivity contribution < 1.29 is 23.9 Å². The largest absolute Gasteiger partial charge is 0.475 e. The van der Waals surface area contributed by atoms with Crippen LogP contribution in [0.4, 0.5) is 0 Å². The SMILES string of the molecule is COCCONCc1cc(C(=O)O)oc1C. The van der Waals surface area contributed by atoms with Gasteiger partial charge in [0.15, 0.2) is 0 Å². The fraction of sp³-hybridized carbons (Fsp3) is 0.500. The molecule has 0 atom stereocenters. The van der Waals surface area contributed by atoms with E-state index in [9.17, 15) is 4.79 Å². The van der Waals surface area contributed by atoms with E-state index in [0.717, 1.165) is 5.56 Å². The number of hydrogen-bond acceptors (Lipinski definition) is 5. The minimum absolute atomic E-state index is 0.0637. The van der Waals surface area contributed by atoms with E-state index in [-0.39, 0.29) is 5.76 Å². The third-order valence-electron chi connectivity index (χ3n) is 1.99. The van der Waals surface area contributed by atoms with Gasteiger partial charge >= 0.3 is 5.97 Å². The molecule has 0 saturated carbocycles. The van der Waals surface area contributed by atoms with Gasteiger partial charge in [0.25, 0.3) is 0 Å². The summed E-state index contributed by atoms with van der Waals surface area (Å²) in [5, 5.41) is 8.70. The Morgan fingerprint density at radius 1 is 1.56 bits per heavy atom. The third kappa shape index (κ3) is 3.65. The van der Waals surface area contributed by atoms with Crippen molar-refractivity contribution in [3.05, 3.63) is 23.2 Å². The Hall–Kier alpha value is -1.37. The lowest BCUT2D eigenvalue weighted by Crippen LogP contribution is -2.17. The van der Waals surface area contributed by atoms with Crippen LogP contribution in [0, 0.1) is 6.92 Å². The average molecular weight is 229 g/mol. The molecule has 0 aromatic carbocycles. The highest BCUT2D eigenvalue weighted by Crippen LogP contribution is 2.14. The lowest BCUT2D eigenvalue weighted by molar-refractivity contribution is 0.00331. The Balaban J connectivity index is 2.39. The van der Waals surface area contributed by atoms with Crippen LogP contribution in [0.5, 0.6) is 0 Å². The number of methoxy groups -OCH3 is 1. The Labute approximate surface area is 93.1 Å². The molecule has 2 N–H and O–H groups in total. The van der Waals surface area contributed by atoms with Crippen LogP contribution in [-0.4, -0.2) is 31.4 Å². The molecule has 16 heavy (non-hydrogen) atoms. The molecule has 6 heteroatoms. The molecule has 1 rings (SSSR count). The molecule has 0 unspecified atom stereocenters. The molecular weight excluding hydrogens is 214 g/mol. The van der Waals surface area contributed by atoms with Gasteiger partial charge in [-0.2, -0.15) is 5.48 Å². The number of carboxylic acid groups (broad SMARTS) is 1. The molecule has 0 aliphatic heterocycles. The van der Waals surface area contributed by atoms with Crippen LogP contribution in [0.3, 0.4) is 0 Å². The molecule has 1 heterocycles. The minimum Gasteiger partial charge on any atom is -0.475 e. The minimum atomic E-state index is -1.07. The number of aryl methyl sites for hydroxylation is 1. The van der Waals surface area contributed by atoms with Gasteiger partial charge < -0.3 is 14.3 Å². The summed E-state index contributed by atoms with van der Waals surface area (Å²) < 4.78 is 9.83. The third-order valence-corrected chi connectivity index (χ3v) is 1.99. The van der Waals surface area contributed by atoms with E-state index < -0.39 is 5.97 Å². The van der Waals surface area contributed by atoms with Gasteiger partial charge in [-0.15, -0.1) is 0 Å². The standard InChI is InChI=1S/C10H15NO5/c1-7-8(5-9(16-7)10(12)13)6-11-15-4-3-14-2/h5,11H,3-4,6H2,1-2H3,(H,12,13). The van der Waals surface area contributed by atoms with E-state index in [1.54, 1.807) is 14.0 Å². The number of rotatable bonds is 7. The van der Waals surface area contributed by atoms with Gasteiger partial charge in [0, 0.05) is 19.2 Å². The van der Waals surface area contributed by atoms with Gasteiger partial charge in [0.1, 0.15) is 5.76 Å². The maximum Gasteiger partial charge on any atom is 0.371 e. The molecule has 0 saturated heterocycles. The van der Waals surface area contributed by atoms with Crippen LogP contribution in [0.25, 0.3) is 0 Å². The first-order chi connectivity index (χ1) is 7.65. The topological polar surface area (TPSA) is 80.9 Å². The monoisotopic (exact) mass is 229 g/mol. The molecule has 0 aliphatic carbocycles. The number of nitrogens with one attached hydrogen (secondary N) is 1. The van der Waals surface area contributed by atoms with E-state index in [2.05, 4.69) is 5.48 Å². The summed E-state index contributed by atoms with van der Waals surface area (Å²) in [6.07, 6.45) is 0. The van der Waals surface area contributed by atoms with Crippen molar-refractivity contribution in [1.82, 2.24) is 5.48 Å². The van der Waals surface area contributed by atoms with Crippen molar-refractivity contribution in [1.29, 1.82) is 0 Å². The van der Waals surface area contributed by atoms with Crippen molar-refractivity contribution in [2.75, 3.05) is 20.3 Å². The summed E-state index contributed by atoms with van der Waals surface area (Å²) in [4.78, 5) is 15.7. The van der Waals surface area contributed by atoms with E-state index in [0.29, 0.717) is 25.5 Å². The zero-order valence-corrected chi connectivity index (χ0v) is 9.28. The Bertz CT molecular complexity index is 347.